The number of hydrogen-bond donors (Lipinski definition) is 1. The number of rotatable bonds is 9. The first-order valence-electron chi connectivity index (χ1n) is 11.5. The predicted octanol–water partition coefficient (Wildman–Crippen LogP) is 2.97. The Morgan fingerprint density at radius 1 is 1.06 bits per heavy atom. The Morgan fingerprint density at radius 3 is 2.24 bits per heavy atom. The van der Waals surface area contributed by atoms with Crippen LogP contribution in [0.1, 0.15) is 55.0 Å². The van der Waals surface area contributed by atoms with Gasteiger partial charge in [-0.2, -0.15) is 4.31 Å². The van der Waals surface area contributed by atoms with E-state index in [1.54, 1.807) is 43.3 Å². The normalized spacial score (nSPS) is 15.1. The first-order valence-corrected chi connectivity index (χ1v) is 12.9. The lowest BCUT2D eigenvalue weighted by Crippen LogP contribution is -2.46. The summed E-state index contributed by atoms with van der Waals surface area (Å²) in [5.41, 5.74) is 0.928. The zero-order valence-electron chi connectivity index (χ0n) is 19.5. The van der Waals surface area contributed by atoms with E-state index in [1.807, 2.05) is 18.7 Å². The SMILES string of the molecule is CCN(CC)S(=O)(=O)c1ccc(CCC(=O)N2CCC(NC(=O)c3ccc(C)o3)CC2)cc1. The smallest absolute Gasteiger partial charge is 0.287 e. The summed E-state index contributed by atoms with van der Waals surface area (Å²) in [6, 6.07) is 10.2. The van der Waals surface area contributed by atoms with Gasteiger partial charge in [0.25, 0.3) is 5.91 Å². The second-order valence-electron chi connectivity index (χ2n) is 8.27. The fourth-order valence-corrected chi connectivity index (χ4v) is 5.49. The van der Waals surface area contributed by atoms with E-state index in [2.05, 4.69) is 5.32 Å². The average Bonchev–Trinajstić information content (AvgIpc) is 3.25. The number of nitrogens with zero attached hydrogens (tertiary/aromatic N) is 2. The van der Waals surface area contributed by atoms with Crippen molar-refractivity contribution in [2.24, 2.45) is 0 Å². The third-order valence-electron chi connectivity index (χ3n) is 6.04. The number of carbonyl (C=O) groups excluding carboxylic acids is 2. The molecule has 33 heavy (non-hydrogen) atoms. The summed E-state index contributed by atoms with van der Waals surface area (Å²) >= 11 is 0. The van der Waals surface area contributed by atoms with Crippen LogP contribution in [0.5, 0.6) is 0 Å². The molecule has 3 rings (SSSR count). The van der Waals surface area contributed by atoms with Crippen LogP contribution in [0.3, 0.4) is 0 Å². The van der Waals surface area contributed by atoms with Crippen molar-refractivity contribution in [3.8, 4) is 0 Å². The molecule has 1 N–H and O–H groups in total. The predicted molar refractivity (Wildman–Crippen MR) is 125 cm³/mol. The zero-order chi connectivity index (χ0) is 24.0. The van der Waals surface area contributed by atoms with Crippen molar-refractivity contribution < 1.29 is 22.4 Å². The molecule has 2 aromatic rings. The number of piperidine rings is 1. The molecule has 1 aliphatic heterocycles. The molecule has 1 fully saturated rings. The highest BCUT2D eigenvalue weighted by atomic mass is 32.2. The van der Waals surface area contributed by atoms with Crippen LogP contribution in [0.2, 0.25) is 0 Å². The van der Waals surface area contributed by atoms with E-state index >= 15 is 0 Å². The maximum Gasteiger partial charge on any atom is 0.287 e. The lowest BCUT2D eigenvalue weighted by atomic mass is 10.0. The molecule has 0 unspecified atom stereocenters. The number of hydrogen-bond acceptors (Lipinski definition) is 5. The number of nitrogens with one attached hydrogen (secondary N) is 1. The second kappa shape index (κ2) is 11.0. The summed E-state index contributed by atoms with van der Waals surface area (Å²) in [6.45, 7) is 7.48. The van der Waals surface area contributed by atoms with Gasteiger partial charge in [0, 0.05) is 38.6 Å². The molecule has 0 saturated carbocycles. The maximum atomic E-state index is 12.6. The highest BCUT2D eigenvalue weighted by Gasteiger charge is 2.25. The molecule has 2 amide bonds. The average molecular weight is 476 g/mol. The minimum Gasteiger partial charge on any atom is -0.456 e. The van der Waals surface area contributed by atoms with Gasteiger partial charge < -0.3 is 14.6 Å². The van der Waals surface area contributed by atoms with Crippen molar-refractivity contribution in [3.05, 3.63) is 53.5 Å². The minimum atomic E-state index is -3.47. The van der Waals surface area contributed by atoms with E-state index in [9.17, 15) is 18.0 Å². The van der Waals surface area contributed by atoms with Crippen LogP contribution in [0.15, 0.2) is 45.7 Å². The van der Waals surface area contributed by atoms with Gasteiger partial charge in [-0.3, -0.25) is 9.59 Å². The number of aryl methyl sites for hydroxylation is 2. The molecule has 1 aliphatic rings. The highest BCUT2D eigenvalue weighted by molar-refractivity contribution is 7.89. The number of sulfonamides is 1. The molecule has 0 atom stereocenters. The molecule has 0 radical (unpaired) electrons. The fourth-order valence-electron chi connectivity index (χ4n) is 4.04. The van der Waals surface area contributed by atoms with Gasteiger partial charge in [-0.1, -0.05) is 26.0 Å². The van der Waals surface area contributed by atoms with Gasteiger partial charge in [-0.15, -0.1) is 0 Å². The fraction of sp³-hybridized carbons (Fsp3) is 0.500. The Labute approximate surface area is 196 Å². The molecule has 0 spiro atoms. The molecule has 1 aromatic heterocycles. The molecular weight excluding hydrogens is 442 g/mol. The van der Waals surface area contributed by atoms with Gasteiger partial charge in [0.05, 0.1) is 4.90 Å². The number of likely N-dealkylation sites (tertiary alicyclic amines) is 1. The number of benzene rings is 1. The zero-order valence-corrected chi connectivity index (χ0v) is 20.4. The van der Waals surface area contributed by atoms with E-state index in [0.29, 0.717) is 63.4 Å². The van der Waals surface area contributed by atoms with Crippen molar-refractivity contribution in [2.75, 3.05) is 26.2 Å². The third-order valence-corrected chi connectivity index (χ3v) is 8.11. The summed E-state index contributed by atoms with van der Waals surface area (Å²) in [4.78, 5) is 27.0. The monoisotopic (exact) mass is 475 g/mol. The summed E-state index contributed by atoms with van der Waals surface area (Å²) in [5, 5.41) is 2.98. The number of amides is 2. The summed E-state index contributed by atoms with van der Waals surface area (Å²) in [6.07, 6.45) is 2.33. The van der Waals surface area contributed by atoms with Crippen LogP contribution in [-0.4, -0.2) is 61.7 Å². The van der Waals surface area contributed by atoms with Crippen LogP contribution < -0.4 is 5.32 Å². The lowest BCUT2D eigenvalue weighted by Gasteiger charge is -2.32. The molecule has 1 saturated heterocycles. The van der Waals surface area contributed by atoms with Crippen LogP contribution in [-0.2, 0) is 21.2 Å². The second-order valence-corrected chi connectivity index (χ2v) is 10.2. The van der Waals surface area contributed by atoms with Crippen molar-refractivity contribution in [3.63, 3.8) is 0 Å². The van der Waals surface area contributed by atoms with Gasteiger partial charge in [0.2, 0.25) is 15.9 Å². The van der Waals surface area contributed by atoms with Gasteiger partial charge >= 0.3 is 0 Å². The van der Waals surface area contributed by atoms with Crippen molar-refractivity contribution in [2.45, 2.75) is 57.4 Å². The Hall–Kier alpha value is -2.65. The maximum absolute atomic E-state index is 12.6. The Balaban J connectivity index is 1.45. The molecule has 1 aromatic carbocycles. The summed E-state index contributed by atoms with van der Waals surface area (Å²) in [5.74, 6) is 0.850. The van der Waals surface area contributed by atoms with Gasteiger partial charge in [-0.25, -0.2) is 8.42 Å². The van der Waals surface area contributed by atoms with Gasteiger partial charge in [0.15, 0.2) is 5.76 Å². The van der Waals surface area contributed by atoms with Gasteiger partial charge in [-0.05, 0) is 56.0 Å². The molecule has 0 aliphatic carbocycles. The first kappa shape index (κ1) is 25.0. The largest absolute Gasteiger partial charge is 0.456 e. The summed E-state index contributed by atoms with van der Waals surface area (Å²) in [7, 11) is -3.47. The van der Waals surface area contributed by atoms with E-state index in [0.717, 1.165) is 5.56 Å². The molecule has 180 valence electrons. The highest BCUT2D eigenvalue weighted by Crippen LogP contribution is 2.18. The van der Waals surface area contributed by atoms with E-state index in [1.165, 1.54) is 4.31 Å². The van der Waals surface area contributed by atoms with E-state index in [-0.39, 0.29) is 22.8 Å². The lowest BCUT2D eigenvalue weighted by molar-refractivity contribution is -0.132. The Bertz CT molecular complexity index is 1050. The van der Waals surface area contributed by atoms with Crippen LogP contribution in [0.4, 0.5) is 0 Å². The Morgan fingerprint density at radius 2 is 1.70 bits per heavy atom. The van der Waals surface area contributed by atoms with Gasteiger partial charge in [0.1, 0.15) is 5.76 Å². The summed E-state index contributed by atoms with van der Waals surface area (Å²) < 4.78 is 32.0. The van der Waals surface area contributed by atoms with Crippen molar-refractivity contribution in [1.29, 1.82) is 0 Å². The Kier molecular flexibility index (Phi) is 8.31. The third kappa shape index (κ3) is 6.23. The van der Waals surface area contributed by atoms with Crippen molar-refractivity contribution >= 4 is 21.8 Å². The quantitative estimate of drug-likeness (QED) is 0.601. The standard InChI is InChI=1S/C24H33N3O5S/c1-4-27(5-2)33(30,31)21-10-7-19(8-11-21)9-13-23(28)26-16-14-20(15-17-26)25-24(29)22-12-6-18(3)32-22/h6-8,10-12,20H,4-5,9,13-17H2,1-3H3,(H,25,29). The van der Waals surface area contributed by atoms with Crippen LogP contribution >= 0.6 is 0 Å². The topological polar surface area (TPSA) is 99.9 Å². The molecular formula is C24H33N3O5S. The van der Waals surface area contributed by atoms with E-state index in [4.69, 9.17) is 4.42 Å². The molecule has 2 heterocycles. The molecule has 8 nitrogen and oxygen atoms in total. The molecule has 9 heteroatoms. The van der Waals surface area contributed by atoms with E-state index < -0.39 is 10.0 Å². The number of furan rings is 1. The van der Waals surface area contributed by atoms with Crippen LogP contribution in [0.25, 0.3) is 0 Å². The first-order chi connectivity index (χ1) is 15.7. The molecule has 0 bridgehead atoms. The van der Waals surface area contributed by atoms with Crippen LogP contribution in [0, 0.1) is 6.92 Å². The van der Waals surface area contributed by atoms with Crippen molar-refractivity contribution in [1.82, 2.24) is 14.5 Å². The number of carbonyl (C=O) groups is 2. The minimum absolute atomic E-state index is 0.0206.